The number of aryl methyl sites for hydroxylation is 1. The molecule has 0 heteroatoms. The van der Waals surface area contributed by atoms with E-state index in [1.807, 2.05) is 0 Å². The maximum absolute atomic E-state index is 2.29. The molecule has 0 unspecified atom stereocenters. The van der Waals surface area contributed by atoms with Gasteiger partial charge in [0.2, 0.25) is 0 Å². The maximum Gasteiger partial charge on any atom is -0.00130 e. The molecule has 76 valence electrons. The Hall–Kier alpha value is -1.82. The summed E-state index contributed by atoms with van der Waals surface area (Å²) in [4.78, 5) is 0. The molecular formula is C16H12. The molecule has 3 aromatic rings. The summed E-state index contributed by atoms with van der Waals surface area (Å²) in [6.45, 7) is 2.20. The summed E-state index contributed by atoms with van der Waals surface area (Å²) in [5.41, 5.74) is 4.37. The third-order valence-electron chi connectivity index (χ3n) is 3.79. The average molecular weight is 204 g/mol. The van der Waals surface area contributed by atoms with Crippen molar-refractivity contribution in [2.45, 2.75) is 13.3 Å². The standard InChI is InChI=1S/C16H12/c1-10-5-6-13-9-12-4-2-3-11-7-8-14(10)16(13)15(11)12/h2-8H,9H2,1H3. The third kappa shape index (κ3) is 0.856. The van der Waals surface area contributed by atoms with Gasteiger partial charge in [0, 0.05) is 0 Å². The second kappa shape index (κ2) is 2.65. The highest BCUT2D eigenvalue weighted by atomic mass is 14.2. The molecule has 0 fully saturated rings. The van der Waals surface area contributed by atoms with Crippen molar-refractivity contribution < 1.29 is 0 Å². The summed E-state index contributed by atoms with van der Waals surface area (Å²) >= 11 is 0. The van der Waals surface area contributed by atoms with Crippen molar-refractivity contribution in [3.8, 4) is 0 Å². The summed E-state index contributed by atoms with van der Waals surface area (Å²) < 4.78 is 0. The first-order chi connectivity index (χ1) is 7.84. The number of hydrogen-bond acceptors (Lipinski definition) is 0. The molecule has 1 aliphatic carbocycles. The van der Waals surface area contributed by atoms with Crippen molar-refractivity contribution in [2.24, 2.45) is 0 Å². The topological polar surface area (TPSA) is 0 Å². The van der Waals surface area contributed by atoms with Crippen LogP contribution in [0.3, 0.4) is 0 Å². The van der Waals surface area contributed by atoms with Crippen LogP contribution in [-0.2, 0) is 6.42 Å². The van der Waals surface area contributed by atoms with Gasteiger partial charge >= 0.3 is 0 Å². The predicted molar refractivity (Wildman–Crippen MR) is 69.0 cm³/mol. The van der Waals surface area contributed by atoms with Crippen LogP contribution in [0.4, 0.5) is 0 Å². The van der Waals surface area contributed by atoms with Gasteiger partial charge in [-0.15, -0.1) is 0 Å². The number of rotatable bonds is 0. The first-order valence-corrected chi connectivity index (χ1v) is 5.77. The van der Waals surface area contributed by atoms with Gasteiger partial charge in [-0.1, -0.05) is 42.5 Å². The summed E-state index contributed by atoms with van der Waals surface area (Å²) in [7, 11) is 0. The zero-order valence-corrected chi connectivity index (χ0v) is 9.25. The molecule has 0 amide bonds. The molecule has 0 saturated carbocycles. The lowest BCUT2D eigenvalue weighted by Crippen LogP contribution is -1.81. The Kier molecular flexibility index (Phi) is 1.38. The quantitative estimate of drug-likeness (QED) is 0.376. The van der Waals surface area contributed by atoms with Crippen LogP contribution >= 0.6 is 0 Å². The molecule has 0 aromatic heterocycles. The van der Waals surface area contributed by atoms with Crippen molar-refractivity contribution in [3.63, 3.8) is 0 Å². The van der Waals surface area contributed by atoms with E-state index in [4.69, 9.17) is 0 Å². The van der Waals surface area contributed by atoms with E-state index in [-0.39, 0.29) is 0 Å². The van der Waals surface area contributed by atoms with Crippen molar-refractivity contribution >= 4 is 21.5 Å². The maximum atomic E-state index is 2.29. The van der Waals surface area contributed by atoms with Crippen LogP contribution in [0.5, 0.6) is 0 Å². The molecule has 1 aliphatic rings. The fraction of sp³-hybridized carbons (Fsp3) is 0.125. The highest BCUT2D eigenvalue weighted by Crippen LogP contribution is 2.38. The molecule has 0 bridgehead atoms. The Morgan fingerprint density at radius 3 is 2.62 bits per heavy atom. The predicted octanol–water partition coefficient (Wildman–Crippen LogP) is 4.21. The molecule has 0 saturated heterocycles. The van der Waals surface area contributed by atoms with Crippen molar-refractivity contribution in [1.29, 1.82) is 0 Å². The van der Waals surface area contributed by atoms with Gasteiger partial charge in [-0.2, -0.15) is 0 Å². The van der Waals surface area contributed by atoms with Gasteiger partial charge in [-0.25, -0.2) is 0 Å². The number of benzene rings is 3. The molecule has 0 spiro atoms. The molecule has 4 rings (SSSR count). The summed E-state index contributed by atoms with van der Waals surface area (Å²) in [5.74, 6) is 0. The molecule has 0 radical (unpaired) electrons. The van der Waals surface area contributed by atoms with Crippen molar-refractivity contribution in [2.75, 3.05) is 0 Å². The molecule has 16 heavy (non-hydrogen) atoms. The Morgan fingerprint density at radius 1 is 0.812 bits per heavy atom. The first kappa shape index (κ1) is 8.35. The normalized spacial score (nSPS) is 13.1. The lowest BCUT2D eigenvalue weighted by molar-refractivity contribution is 1.27. The van der Waals surface area contributed by atoms with E-state index in [2.05, 4.69) is 49.4 Å². The minimum absolute atomic E-state index is 1.10. The second-order valence-corrected chi connectivity index (χ2v) is 4.72. The van der Waals surface area contributed by atoms with Crippen LogP contribution in [0.2, 0.25) is 0 Å². The van der Waals surface area contributed by atoms with Gasteiger partial charge in [-0.05, 0) is 51.6 Å². The van der Waals surface area contributed by atoms with E-state index in [0.717, 1.165) is 6.42 Å². The summed E-state index contributed by atoms with van der Waals surface area (Å²) in [5, 5.41) is 5.79. The largest absolute Gasteiger partial charge is 0.0613 e. The Morgan fingerprint density at radius 2 is 1.69 bits per heavy atom. The summed E-state index contributed by atoms with van der Waals surface area (Å²) in [6, 6.07) is 15.7. The fourth-order valence-electron chi connectivity index (χ4n) is 3.02. The first-order valence-electron chi connectivity index (χ1n) is 5.77. The SMILES string of the molecule is Cc1ccc2c3c1ccc1cccc(c13)C2. The van der Waals surface area contributed by atoms with Crippen LogP contribution in [-0.4, -0.2) is 0 Å². The van der Waals surface area contributed by atoms with E-state index in [1.165, 1.54) is 38.2 Å². The smallest absolute Gasteiger partial charge is 0.00130 e. The van der Waals surface area contributed by atoms with E-state index < -0.39 is 0 Å². The summed E-state index contributed by atoms with van der Waals surface area (Å²) in [6.07, 6.45) is 1.10. The molecule has 0 atom stereocenters. The van der Waals surface area contributed by atoms with Gasteiger partial charge in [0.1, 0.15) is 0 Å². The monoisotopic (exact) mass is 204 g/mol. The number of hydrogen-bond donors (Lipinski definition) is 0. The van der Waals surface area contributed by atoms with Gasteiger partial charge in [0.05, 0.1) is 0 Å². The van der Waals surface area contributed by atoms with Gasteiger partial charge in [0.25, 0.3) is 0 Å². The zero-order valence-electron chi connectivity index (χ0n) is 9.25. The Labute approximate surface area is 94.5 Å². The van der Waals surface area contributed by atoms with Crippen LogP contribution in [0.25, 0.3) is 21.5 Å². The Balaban J connectivity index is 2.40. The molecule has 0 N–H and O–H groups in total. The zero-order chi connectivity index (χ0) is 10.7. The lowest BCUT2D eigenvalue weighted by atomic mass is 9.99. The minimum Gasteiger partial charge on any atom is -0.0613 e. The van der Waals surface area contributed by atoms with Gasteiger partial charge in [0.15, 0.2) is 0 Å². The van der Waals surface area contributed by atoms with Gasteiger partial charge < -0.3 is 0 Å². The fourth-order valence-corrected chi connectivity index (χ4v) is 3.02. The van der Waals surface area contributed by atoms with E-state index in [0.29, 0.717) is 0 Å². The van der Waals surface area contributed by atoms with Crippen LogP contribution < -0.4 is 0 Å². The average Bonchev–Trinajstić information content (AvgIpc) is 2.69. The van der Waals surface area contributed by atoms with E-state index in [1.54, 1.807) is 0 Å². The molecular weight excluding hydrogens is 192 g/mol. The van der Waals surface area contributed by atoms with Crippen molar-refractivity contribution in [3.05, 3.63) is 59.2 Å². The highest BCUT2D eigenvalue weighted by Gasteiger charge is 2.16. The van der Waals surface area contributed by atoms with Crippen LogP contribution in [0, 0.1) is 6.92 Å². The molecule has 0 nitrogen and oxygen atoms in total. The highest BCUT2D eigenvalue weighted by molar-refractivity contribution is 6.14. The molecule has 0 aliphatic heterocycles. The Bertz CT molecular complexity index is 736. The minimum atomic E-state index is 1.10. The third-order valence-corrected chi connectivity index (χ3v) is 3.79. The molecule has 3 aromatic carbocycles. The van der Waals surface area contributed by atoms with Crippen molar-refractivity contribution in [1.82, 2.24) is 0 Å². The van der Waals surface area contributed by atoms with Crippen LogP contribution in [0.1, 0.15) is 16.7 Å². The van der Waals surface area contributed by atoms with E-state index in [9.17, 15) is 0 Å². The second-order valence-electron chi connectivity index (χ2n) is 4.72. The van der Waals surface area contributed by atoms with Crippen LogP contribution in [0.15, 0.2) is 42.5 Å². The lowest BCUT2D eigenvalue weighted by Gasteiger charge is -2.05. The van der Waals surface area contributed by atoms with Gasteiger partial charge in [-0.3, -0.25) is 0 Å². The van der Waals surface area contributed by atoms with E-state index >= 15 is 0 Å². The molecule has 0 heterocycles.